The minimum Gasteiger partial charge on any atom is -0.450 e. The van der Waals surface area contributed by atoms with E-state index in [2.05, 4.69) is 10.3 Å². The smallest absolute Gasteiger partial charge is 0.411 e. The van der Waals surface area contributed by atoms with Crippen LogP contribution in [0.5, 0.6) is 0 Å². The van der Waals surface area contributed by atoms with Gasteiger partial charge >= 0.3 is 6.09 Å². The Bertz CT molecular complexity index is 437. The molecule has 0 heterocycles. The molecule has 0 aromatic heterocycles. The Kier molecular flexibility index (Phi) is 4.24. The molecule has 0 saturated heterocycles. The molecular formula is C11H12N2O3. The van der Waals surface area contributed by atoms with Gasteiger partial charge < -0.3 is 4.74 Å². The van der Waals surface area contributed by atoms with E-state index in [-0.39, 0.29) is 0 Å². The van der Waals surface area contributed by atoms with E-state index in [1.165, 1.54) is 6.08 Å². The Hall–Kier alpha value is -2.13. The lowest BCUT2D eigenvalue weighted by atomic mass is 10.2. The van der Waals surface area contributed by atoms with E-state index >= 15 is 0 Å². The van der Waals surface area contributed by atoms with Crippen LogP contribution in [0.15, 0.2) is 23.2 Å². The Morgan fingerprint density at radius 2 is 2.31 bits per heavy atom. The monoisotopic (exact) mass is 220 g/mol. The van der Waals surface area contributed by atoms with Crippen molar-refractivity contribution in [1.29, 1.82) is 0 Å². The first-order valence-corrected chi connectivity index (χ1v) is 4.79. The molecule has 0 atom stereocenters. The van der Waals surface area contributed by atoms with Gasteiger partial charge in [-0.15, -0.1) is 0 Å². The molecule has 0 unspecified atom stereocenters. The van der Waals surface area contributed by atoms with Crippen molar-refractivity contribution >= 4 is 23.5 Å². The van der Waals surface area contributed by atoms with Crippen molar-refractivity contribution < 1.29 is 14.3 Å². The van der Waals surface area contributed by atoms with Gasteiger partial charge in [0.05, 0.1) is 12.3 Å². The number of amides is 1. The van der Waals surface area contributed by atoms with Gasteiger partial charge in [-0.1, -0.05) is 6.07 Å². The fourth-order valence-electron chi connectivity index (χ4n) is 1.14. The number of nitrogens with one attached hydrogen (secondary N) is 1. The molecule has 16 heavy (non-hydrogen) atoms. The molecule has 5 heteroatoms. The van der Waals surface area contributed by atoms with Crippen LogP contribution in [0.4, 0.5) is 16.2 Å². The molecule has 0 aliphatic carbocycles. The first kappa shape index (κ1) is 11.9. The number of aryl methyl sites for hydroxylation is 1. The number of aliphatic imine (C=N–C) groups is 1. The van der Waals surface area contributed by atoms with Crippen molar-refractivity contribution in [1.82, 2.24) is 0 Å². The average Bonchev–Trinajstić information content (AvgIpc) is 2.24. The van der Waals surface area contributed by atoms with Crippen LogP contribution in [0.2, 0.25) is 0 Å². The van der Waals surface area contributed by atoms with E-state index in [1.807, 2.05) is 6.92 Å². The fourth-order valence-corrected chi connectivity index (χ4v) is 1.14. The summed E-state index contributed by atoms with van der Waals surface area (Å²) < 4.78 is 4.74. The van der Waals surface area contributed by atoms with Crippen molar-refractivity contribution in [3.8, 4) is 0 Å². The molecule has 84 valence electrons. The number of carbonyl (C=O) groups excluding carboxylic acids is 2. The van der Waals surface area contributed by atoms with Crippen LogP contribution >= 0.6 is 0 Å². The molecule has 0 aliphatic rings. The number of carbonyl (C=O) groups is 1. The second-order valence-electron chi connectivity index (χ2n) is 3.05. The molecule has 5 nitrogen and oxygen atoms in total. The highest BCUT2D eigenvalue weighted by atomic mass is 16.5. The van der Waals surface area contributed by atoms with Crippen LogP contribution in [0.3, 0.4) is 0 Å². The standard InChI is InChI=1S/C11H12N2O3/c1-3-16-11(15)13-10-6-9(12-7-14)5-4-8(10)2/h4-6H,3H2,1-2H3,(H,13,15). The maximum atomic E-state index is 11.2. The van der Waals surface area contributed by atoms with Gasteiger partial charge in [-0.05, 0) is 31.5 Å². The van der Waals surface area contributed by atoms with E-state index < -0.39 is 6.09 Å². The summed E-state index contributed by atoms with van der Waals surface area (Å²) in [6.45, 7) is 3.85. The Labute approximate surface area is 93.1 Å². The Balaban J connectivity index is 2.89. The molecule has 1 N–H and O–H groups in total. The molecule has 1 aromatic carbocycles. The number of anilines is 1. The Morgan fingerprint density at radius 1 is 1.56 bits per heavy atom. The summed E-state index contributed by atoms with van der Waals surface area (Å²) in [6, 6.07) is 4.99. The molecule has 0 bridgehead atoms. The quantitative estimate of drug-likeness (QED) is 0.628. The first-order chi connectivity index (χ1) is 7.67. The van der Waals surface area contributed by atoms with Crippen molar-refractivity contribution in [2.45, 2.75) is 13.8 Å². The summed E-state index contributed by atoms with van der Waals surface area (Å²) >= 11 is 0. The Morgan fingerprint density at radius 3 is 2.94 bits per heavy atom. The number of nitrogens with zero attached hydrogens (tertiary/aromatic N) is 1. The molecule has 0 spiro atoms. The highest BCUT2D eigenvalue weighted by Gasteiger charge is 2.05. The van der Waals surface area contributed by atoms with E-state index in [9.17, 15) is 9.59 Å². The SMILES string of the molecule is CCOC(=O)Nc1cc(N=C=O)ccc1C. The zero-order chi connectivity index (χ0) is 12.0. The molecule has 1 aromatic rings. The largest absolute Gasteiger partial charge is 0.450 e. The van der Waals surface area contributed by atoms with Gasteiger partial charge in [-0.3, -0.25) is 5.32 Å². The number of hydrogen-bond donors (Lipinski definition) is 1. The molecule has 0 saturated carbocycles. The van der Waals surface area contributed by atoms with Crippen LogP contribution in [0, 0.1) is 6.92 Å². The van der Waals surface area contributed by atoms with Gasteiger partial charge in [0, 0.05) is 5.69 Å². The molecular weight excluding hydrogens is 208 g/mol. The normalized spacial score (nSPS) is 9.12. The van der Waals surface area contributed by atoms with Gasteiger partial charge in [0.15, 0.2) is 0 Å². The number of rotatable bonds is 3. The third kappa shape index (κ3) is 3.22. The average molecular weight is 220 g/mol. The van der Waals surface area contributed by atoms with Crippen LogP contribution in [0.25, 0.3) is 0 Å². The third-order valence-corrected chi connectivity index (χ3v) is 1.91. The van der Waals surface area contributed by atoms with E-state index in [0.29, 0.717) is 18.0 Å². The summed E-state index contributed by atoms with van der Waals surface area (Å²) in [5.41, 5.74) is 1.86. The zero-order valence-electron chi connectivity index (χ0n) is 9.11. The van der Waals surface area contributed by atoms with Gasteiger partial charge in [0.1, 0.15) is 0 Å². The van der Waals surface area contributed by atoms with Crippen molar-refractivity contribution in [2.24, 2.45) is 4.99 Å². The fraction of sp³-hybridized carbons (Fsp3) is 0.273. The maximum absolute atomic E-state index is 11.2. The molecule has 0 radical (unpaired) electrons. The lowest BCUT2D eigenvalue weighted by Crippen LogP contribution is -2.13. The van der Waals surface area contributed by atoms with Crippen LogP contribution in [-0.2, 0) is 9.53 Å². The zero-order valence-corrected chi connectivity index (χ0v) is 9.11. The number of ether oxygens (including phenoxy) is 1. The van der Waals surface area contributed by atoms with Gasteiger partial charge in [-0.25, -0.2) is 9.59 Å². The van der Waals surface area contributed by atoms with Gasteiger partial charge in [0.25, 0.3) is 0 Å². The third-order valence-electron chi connectivity index (χ3n) is 1.91. The molecule has 1 rings (SSSR count). The molecule has 0 fully saturated rings. The number of isocyanates is 1. The highest BCUT2D eigenvalue weighted by Crippen LogP contribution is 2.22. The second-order valence-corrected chi connectivity index (χ2v) is 3.05. The topological polar surface area (TPSA) is 67.8 Å². The molecule has 0 aliphatic heterocycles. The van der Waals surface area contributed by atoms with Crippen molar-refractivity contribution in [2.75, 3.05) is 11.9 Å². The number of hydrogen-bond acceptors (Lipinski definition) is 4. The maximum Gasteiger partial charge on any atom is 0.411 e. The van der Waals surface area contributed by atoms with Crippen molar-refractivity contribution in [3.63, 3.8) is 0 Å². The highest BCUT2D eigenvalue weighted by molar-refractivity contribution is 5.86. The predicted octanol–water partition coefficient (Wildman–Crippen LogP) is 2.53. The predicted molar refractivity (Wildman–Crippen MR) is 59.6 cm³/mol. The molecule has 1 amide bonds. The lowest BCUT2D eigenvalue weighted by molar-refractivity contribution is 0.168. The van der Waals surface area contributed by atoms with E-state index in [1.54, 1.807) is 25.1 Å². The van der Waals surface area contributed by atoms with Crippen LogP contribution in [0.1, 0.15) is 12.5 Å². The summed E-state index contributed by atoms with van der Waals surface area (Å²) in [5, 5.41) is 2.56. The number of benzene rings is 1. The van der Waals surface area contributed by atoms with Crippen molar-refractivity contribution in [3.05, 3.63) is 23.8 Å². The van der Waals surface area contributed by atoms with Crippen LogP contribution < -0.4 is 5.32 Å². The van der Waals surface area contributed by atoms with E-state index in [0.717, 1.165) is 5.56 Å². The second kappa shape index (κ2) is 5.68. The minimum atomic E-state index is -0.530. The summed E-state index contributed by atoms with van der Waals surface area (Å²) in [4.78, 5) is 24.7. The first-order valence-electron chi connectivity index (χ1n) is 4.79. The van der Waals surface area contributed by atoms with Gasteiger partial charge in [0.2, 0.25) is 6.08 Å². The lowest BCUT2D eigenvalue weighted by Gasteiger charge is -2.08. The van der Waals surface area contributed by atoms with Crippen LogP contribution in [-0.4, -0.2) is 18.8 Å². The summed E-state index contributed by atoms with van der Waals surface area (Å²) in [7, 11) is 0. The van der Waals surface area contributed by atoms with Gasteiger partial charge in [-0.2, -0.15) is 4.99 Å². The summed E-state index contributed by atoms with van der Waals surface area (Å²) in [5.74, 6) is 0. The van der Waals surface area contributed by atoms with E-state index in [4.69, 9.17) is 4.74 Å². The minimum absolute atomic E-state index is 0.303. The summed E-state index contributed by atoms with van der Waals surface area (Å²) in [6.07, 6.45) is 0.910.